The highest BCUT2D eigenvalue weighted by Crippen LogP contribution is 2.43. The quantitative estimate of drug-likeness (QED) is 0.0211. The molecule has 0 spiro atoms. The lowest BCUT2D eigenvalue weighted by Gasteiger charge is -2.24. The Morgan fingerprint density at radius 1 is 0.397 bits per heavy atom. The number of quaternary nitrogens is 1. The molecule has 0 saturated carbocycles. The van der Waals surface area contributed by atoms with Crippen molar-refractivity contribution in [3.05, 3.63) is 36.5 Å². The van der Waals surface area contributed by atoms with Crippen LogP contribution in [0.1, 0.15) is 335 Å². The predicted molar refractivity (Wildman–Crippen MR) is 335 cm³/mol. The van der Waals surface area contributed by atoms with E-state index in [9.17, 15) is 19.0 Å². The summed E-state index contributed by atoms with van der Waals surface area (Å²) in [5, 5.41) is 0. The van der Waals surface area contributed by atoms with Gasteiger partial charge < -0.3 is 18.9 Å². The van der Waals surface area contributed by atoms with E-state index >= 15 is 0 Å². The number of likely N-dealkylation sites (N-methyl/N-ethyl adjacent to an activating group) is 1. The zero-order valence-corrected chi connectivity index (χ0v) is 53.3. The van der Waals surface area contributed by atoms with E-state index in [0.29, 0.717) is 23.9 Å². The number of carbonyl (C=O) groups excluding carboxylic acids is 2. The van der Waals surface area contributed by atoms with Gasteiger partial charge in [0.1, 0.15) is 19.8 Å². The molecule has 0 fully saturated rings. The molecule has 0 heterocycles. The summed E-state index contributed by atoms with van der Waals surface area (Å²) >= 11 is 0. The molecule has 1 N–H and O–H groups in total. The van der Waals surface area contributed by atoms with Crippen LogP contribution in [0.2, 0.25) is 0 Å². The van der Waals surface area contributed by atoms with Crippen LogP contribution in [0.4, 0.5) is 0 Å². The van der Waals surface area contributed by atoms with Crippen molar-refractivity contribution in [3.8, 4) is 0 Å². The summed E-state index contributed by atoms with van der Waals surface area (Å²) in [6.45, 7) is 4.47. The Morgan fingerprint density at radius 3 is 1.03 bits per heavy atom. The minimum atomic E-state index is -4.39. The molecule has 78 heavy (non-hydrogen) atoms. The van der Waals surface area contributed by atoms with Gasteiger partial charge in [-0.2, -0.15) is 0 Å². The maximum Gasteiger partial charge on any atom is 0.472 e. The highest BCUT2D eigenvalue weighted by Gasteiger charge is 2.27. The molecule has 9 nitrogen and oxygen atoms in total. The van der Waals surface area contributed by atoms with Gasteiger partial charge in [-0.15, -0.1) is 0 Å². The van der Waals surface area contributed by atoms with Crippen LogP contribution >= 0.6 is 7.82 Å². The van der Waals surface area contributed by atoms with Crippen LogP contribution in [-0.2, 0) is 32.7 Å². The van der Waals surface area contributed by atoms with Gasteiger partial charge in [0, 0.05) is 12.8 Å². The normalized spacial score (nSPS) is 13.4. The van der Waals surface area contributed by atoms with Crippen molar-refractivity contribution in [3.63, 3.8) is 0 Å². The zero-order chi connectivity index (χ0) is 57.0. The van der Waals surface area contributed by atoms with Crippen molar-refractivity contribution in [2.75, 3.05) is 47.5 Å². The van der Waals surface area contributed by atoms with Crippen LogP contribution in [0.3, 0.4) is 0 Å². The fourth-order valence-corrected chi connectivity index (χ4v) is 10.7. The monoisotopic (exact) mass is 1120 g/mol. The molecule has 0 bridgehead atoms. The first-order chi connectivity index (χ1) is 38.0. The molecule has 0 amide bonds. The number of carbonyl (C=O) groups is 2. The van der Waals surface area contributed by atoms with Crippen LogP contribution in [0.25, 0.3) is 0 Å². The van der Waals surface area contributed by atoms with Crippen LogP contribution in [0.5, 0.6) is 0 Å². The summed E-state index contributed by atoms with van der Waals surface area (Å²) < 4.78 is 34.7. The van der Waals surface area contributed by atoms with Crippen molar-refractivity contribution in [2.45, 2.75) is 341 Å². The smallest absolute Gasteiger partial charge is 0.462 e. The Labute approximate surface area is 484 Å². The Balaban J connectivity index is 3.96. The van der Waals surface area contributed by atoms with Crippen molar-refractivity contribution < 1.29 is 42.1 Å². The SMILES string of the molecule is CCCCCCC/C=C\C/C=C\CCCCCCCCCCCCCCCCCCCCCCCCCC(=O)OC(COC(=O)CCCCCCCCCCC/C=C\CCCCCCCC)COP(=O)(O)OCC[N+](C)(C)C. The van der Waals surface area contributed by atoms with Gasteiger partial charge in [-0.3, -0.25) is 18.6 Å². The number of unbranched alkanes of at least 4 members (excludes halogenated alkanes) is 43. The third-order valence-corrected chi connectivity index (χ3v) is 16.1. The van der Waals surface area contributed by atoms with E-state index in [2.05, 4.69) is 50.3 Å². The molecule has 0 aliphatic carbocycles. The molecule has 0 aromatic rings. The summed E-state index contributed by atoms with van der Waals surface area (Å²) in [5.41, 5.74) is 0. The molecule has 0 aliphatic heterocycles. The van der Waals surface area contributed by atoms with Crippen LogP contribution in [0.15, 0.2) is 36.5 Å². The summed E-state index contributed by atoms with van der Waals surface area (Å²) in [5.74, 6) is -0.782. The summed E-state index contributed by atoms with van der Waals surface area (Å²) in [6.07, 6.45) is 75.3. The van der Waals surface area contributed by atoms with Gasteiger partial charge in [-0.1, -0.05) is 288 Å². The van der Waals surface area contributed by atoms with E-state index in [1.807, 2.05) is 21.1 Å². The van der Waals surface area contributed by atoms with Crippen molar-refractivity contribution >= 4 is 19.8 Å². The van der Waals surface area contributed by atoms with Crippen molar-refractivity contribution in [1.82, 2.24) is 0 Å². The molecular formula is C68H131NO8P+. The molecule has 460 valence electrons. The van der Waals surface area contributed by atoms with Gasteiger partial charge in [-0.05, 0) is 70.6 Å². The summed E-state index contributed by atoms with van der Waals surface area (Å²) in [4.78, 5) is 35.8. The lowest BCUT2D eigenvalue weighted by molar-refractivity contribution is -0.870. The van der Waals surface area contributed by atoms with Gasteiger partial charge in [0.25, 0.3) is 0 Å². The first kappa shape index (κ1) is 76.2. The molecule has 0 saturated heterocycles. The third-order valence-electron chi connectivity index (χ3n) is 15.1. The maximum atomic E-state index is 12.9. The van der Waals surface area contributed by atoms with Crippen LogP contribution in [-0.4, -0.2) is 74.9 Å². The minimum Gasteiger partial charge on any atom is -0.462 e. The summed E-state index contributed by atoms with van der Waals surface area (Å²) in [7, 11) is 1.49. The van der Waals surface area contributed by atoms with E-state index in [1.165, 1.54) is 263 Å². The molecule has 0 aromatic heterocycles. The number of allylic oxidation sites excluding steroid dienone is 6. The average Bonchev–Trinajstić information content (AvgIpc) is 3.41. The first-order valence-corrected chi connectivity index (χ1v) is 35.2. The molecule has 0 aromatic carbocycles. The molecule has 0 rings (SSSR count). The standard InChI is InChI=1S/C68H130NO8P/c1-6-8-10-12-14-16-18-20-22-24-26-27-28-29-30-31-32-33-34-35-36-37-38-39-40-41-43-45-47-49-51-53-55-57-59-61-68(71)77-66(65-76-78(72,73)75-63-62-69(3,4)5)64-74-67(70)60-58-56-54-52-50-48-46-44-42-25-23-21-19-17-15-13-11-9-7-2/h18,20-21,23-24,26,66H,6-17,19,22,25,27-65H2,1-5H3/p+1/b20-18-,23-21-,26-24-. The number of phosphoric ester groups is 1. The number of ether oxygens (including phenoxy) is 2. The van der Waals surface area contributed by atoms with Gasteiger partial charge in [-0.25, -0.2) is 4.57 Å². The second-order valence-corrected chi connectivity index (χ2v) is 25.7. The molecule has 10 heteroatoms. The third kappa shape index (κ3) is 63.4. The van der Waals surface area contributed by atoms with Gasteiger partial charge in [0.05, 0.1) is 27.7 Å². The molecule has 2 atom stereocenters. The lowest BCUT2D eigenvalue weighted by atomic mass is 10.0. The zero-order valence-electron chi connectivity index (χ0n) is 52.4. The Morgan fingerprint density at radius 2 is 0.692 bits per heavy atom. The minimum absolute atomic E-state index is 0.0339. The van der Waals surface area contributed by atoms with Crippen molar-refractivity contribution in [2.24, 2.45) is 0 Å². The maximum absolute atomic E-state index is 12.9. The first-order valence-electron chi connectivity index (χ1n) is 33.7. The van der Waals surface area contributed by atoms with E-state index in [-0.39, 0.29) is 25.6 Å². The van der Waals surface area contributed by atoms with Crippen LogP contribution in [0, 0.1) is 0 Å². The number of phosphoric acid groups is 1. The number of esters is 2. The van der Waals surface area contributed by atoms with E-state index in [1.54, 1.807) is 0 Å². The Bertz CT molecular complexity index is 1410. The van der Waals surface area contributed by atoms with Crippen molar-refractivity contribution in [1.29, 1.82) is 0 Å². The number of hydrogen-bond acceptors (Lipinski definition) is 7. The lowest BCUT2D eigenvalue weighted by Crippen LogP contribution is -2.37. The predicted octanol–water partition coefficient (Wildman–Crippen LogP) is 21.5. The topological polar surface area (TPSA) is 108 Å². The summed E-state index contributed by atoms with van der Waals surface area (Å²) in [6, 6.07) is 0. The molecular weight excluding hydrogens is 990 g/mol. The molecule has 0 aliphatic rings. The largest absolute Gasteiger partial charge is 0.472 e. The Hall–Kier alpha value is -1.77. The van der Waals surface area contributed by atoms with E-state index < -0.39 is 26.5 Å². The highest BCUT2D eigenvalue weighted by atomic mass is 31.2. The number of rotatable bonds is 63. The van der Waals surface area contributed by atoms with E-state index in [0.717, 1.165) is 38.5 Å². The second-order valence-electron chi connectivity index (χ2n) is 24.2. The van der Waals surface area contributed by atoms with E-state index in [4.69, 9.17) is 18.5 Å². The van der Waals surface area contributed by atoms with Crippen LogP contribution < -0.4 is 0 Å². The molecule has 0 radical (unpaired) electrons. The average molecular weight is 1120 g/mol. The van der Waals surface area contributed by atoms with Gasteiger partial charge in [0.15, 0.2) is 6.10 Å². The number of hydrogen-bond donors (Lipinski definition) is 1. The van der Waals surface area contributed by atoms with Gasteiger partial charge in [0.2, 0.25) is 0 Å². The Kier molecular flexibility index (Phi) is 58.5. The molecule has 2 unspecified atom stereocenters. The fourth-order valence-electron chi connectivity index (χ4n) is 9.93. The second kappa shape index (κ2) is 59.8. The van der Waals surface area contributed by atoms with Gasteiger partial charge >= 0.3 is 19.8 Å². The fraction of sp³-hybridized carbons (Fsp3) is 0.882. The number of nitrogens with zero attached hydrogens (tertiary/aromatic N) is 1. The highest BCUT2D eigenvalue weighted by molar-refractivity contribution is 7.47.